The lowest BCUT2D eigenvalue weighted by atomic mass is 10.1. The quantitative estimate of drug-likeness (QED) is 0.765. The highest BCUT2D eigenvalue weighted by Gasteiger charge is 2.13. The van der Waals surface area contributed by atoms with Crippen LogP contribution in [0.3, 0.4) is 0 Å². The summed E-state index contributed by atoms with van der Waals surface area (Å²) in [5.74, 6) is -0.691. The summed E-state index contributed by atoms with van der Waals surface area (Å²) in [5.41, 5.74) is 1.03. The second-order valence-corrected chi connectivity index (χ2v) is 4.49. The van der Waals surface area contributed by atoms with E-state index in [-0.39, 0.29) is 17.8 Å². The maximum absolute atomic E-state index is 13.4. The molecule has 0 aliphatic carbocycles. The molecule has 1 aromatic heterocycles. The van der Waals surface area contributed by atoms with Crippen LogP contribution in [-0.2, 0) is 6.42 Å². The highest BCUT2D eigenvalue weighted by Crippen LogP contribution is 2.14. The maximum atomic E-state index is 13.4. The molecule has 0 N–H and O–H groups in total. The molecule has 0 amide bonds. The molecule has 2 aromatic rings. The van der Waals surface area contributed by atoms with Crippen molar-refractivity contribution in [3.63, 3.8) is 0 Å². The van der Waals surface area contributed by atoms with Crippen molar-refractivity contribution in [3.05, 3.63) is 51.7 Å². The van der Waals surface area contributed by atoms with Gasteiger partial charge in [0, 0.05) is 11.6 Å². The van der Waals surface area contributed by atoms with Crippen molar-refractivity contribution < 1.29 is 9.18 Å². The molecule has 0 fully saturated rings. The van der Waals surface area contributed by atoms with Gasteiger partial charge in [0.1, 0.15) is 10.8 Å². The van der Waals surface area contributed by atoms with E-state index in [0.717, 1.165) is 5.56 Å². The van der Waals surface area contributed by atoms with Crippen molar-refractivity contribution in [2.75, 3.05) is 0 Å². The van der Waals surface area contributed by atoms with Gasteiger partial charge in [-0.1, -0.05) is 11.6 Å². The van der Waals surface area contributed by atoms with E-state index in [9.17, 15) is 9.18 Å². The van der Waals surface area contributed by atoms with Crippen LogP contribution in [0.2, 0.25) is 0 Å². The Bertz CT molecular complexity index is 508. The van der Waals surface area contributed by atoms with Crippen LogP contribution in [-0.4, -0.2) is 10.8 Å². The molecule has 1 heterocycles. The number of ketones is 1. The number of rotatable bonds is 3. The predicted octanol–water partition coefficient (Wildman–Crippen LogP) is 3.02. The molecule has 82 valence electrons. The van der Waals surface area contributed by atoms with E-state index in [4.69, 9.17) is 0 Å². The Morgan fingerprint density at radius 3 is 3.00 bits per heavy atom. The van der Waals surface area contributed by atoms with E-state index < -0.39 is 5.82 Å². The molecule has 0 saturated carbocycles. The van der Waals surface area contributed by atoms with E-state index in [2.05, 4.69) is 4.98 Å². The fourth-order valence-electron chi connectivity index (χ4n) is 1.43. The first kappa shape index (κ1) is 11.0. The Labute approximate surface area is 96.8 Å². The number of carbonyl (C=O) groups is 1. The first-order valence-electron chi connectivity index (χ1n) is 4.84. The van der Waals surface area contributed by atoms with Crippen LogP contribution in [0.15, 0.2) is 29.8 Å². The zero-order valence-electron chi connectivity index (χ0n) is 8.74. The van der Waals surface area contributed by atoms with Crippen molar-refractivity contribution in [3.8, 4) is 0 Å². The average molecular weight is 235 g/mol. The third kappa shape index (κ3) is 2.33. The maximum Gasteiger partial charge on any atom is 0.172 e. The molecule has 2 rings (SSSR count). The number of nitrogens with zero attached hydrogens (tertiary/aromatic N) is 1. The van der Waals surface area contributed by atoms with Gasteiger partial charge >= 0.3 is 0 Å². The first-order chi connectivity index (χ1) is 7.66. The van der Waals surface area contributed by atoms with Crippen LogP contribution >= 0.6 is 11.3 Å². The van der Waals surface area contributed by atoms with Crippen molar-refractivity contribution in [2.45, 2.75) is 13.3 Å². The van der Waals surface area contributed by atoms with E-state index >= 15 is 0 Å². The molecule has 0 aliphatic heterocycles. The number of halogens is 1. The van der Waals surface area contributed by atoms with E-state index in [1.807, 2.05) is 6.92 Å². The molecule has 0 atom stereocenters. The van der Waals surface area contributed by atoms with Gasteiger partial charge in [0.15, 0.2) is 5.78 Å². The third-order valence-electron chi connectivity index (χ3n) is 2.22. The van der Waals surface area contributed by atoms with Gasteiger partial charge in [-0.15, -0.1) is 11.3 Å². The number of benzene rings is 1. The smallest absolute Gasteiger partial charge is 0.172 e. The lowest BCUT2D eigenvalue weighted by molar-refractivity contribution is 0.0989. The van der Waals surface area contributed by atoms with Gasteiger partial charge in [0.2, 0.25) is 0 Å². The molecule has 0 radical (unpaired) electrons. The summed E-state index contributed by atoms with van der Waals surface area (Å²) in [6.45, 7) is 1.83. The largest absolute Gasteiger partial charge is 0.294 e. The van der Waals surface area contributed by atoms with Gasteiger partial charge in [0.25, 0.3) is 0 Å². The molecule has 16 heavy (non-hydrogen) atoms. The molecule has 0 spiro atoms. The molecule has 1 aromatic carbocycles. The number of hydrogen-bond acceptors (Lipinski definition) is 3. The van der Waals surface area contributed by atoms with Crippen LogP contribution in [0.5, 0.6) is 0 Å². The van der Waals surface area contributed by atoms with Crippen molar-refractivity contribution >= 4 is 17.1 Å². The number of aromatic nitrogens is 1. The van der Waals surface area contributed by atoms with Gasteiger partial charge < -0.3 is 0 Å². The Morgan fingerprint density at radius 1 is 1.50 bits per heavy atom. The molecule has 0 unspecified atom stereocenters. The summed E-state index contributed by atoms with van der Waals surface area (Å²) >= 11 is 1.40. The number of carbonyl (C=O) groups excluding carboxylic acids is 1. The van der Waals surface area contributed by atoms with E-state index in [1.54, 1.807) is 23.7 Å². The lowest BCUT2D eigenvalue weighted by Crippen LogP contribution is -2.06. The summed E-state index contributed by atoms with van der Waals surface area (Å²) in [6.07, 6.45) is 1.80. The van der Waals surface area contributed by atoms with Crippen LogP contribution in [0.4, 0.5) is 4.39 Å². The minimum Gasteiger partial charge on any atom is -0.294 e. The topological polar surface area (TPSA) is 30.0 Å². The molecular weight excluding hydrogens is 225 g/mol. The Morgan fingerprint density at radius 2 is 2.31 bits per heavy atom. The van der Waals surface area contributed by atoms with Crippen molar-refractivity contribution in [1.82, 2.24) is 4.98 Å². The zero-order valence-corrected chi connectivity index (χ0v) is 9.55. The SMILES string of the molecule is Cc1ccc(F)c(C(=O)Cc2nccs2)c1. The summed E-state index contributed by atoms with van der Waals surface area (Å²) < 4.78 is 13.4. The Hall–Kier alpha value is -1.55. The van der Waals surface area contributed by atoms with Crippen molar-refractivity contribution in [1.29, 1.82) is 0 Å². The fourth-order valence-corrected chi connectivity index (χ4v) is 2.04. The third-order valence-corrected chi connectivity index (χ3v) is 3.00. The van der Waals surface area contributed by atoms with Gasteiger partial charge in [0.05, 0.1) is 12.0 Å². The second kappa shape index (κ2) is 4.53. The van der Waals surface area contributed by atoms with Crippen LogP contribution < -0.4 is 0 Å². The second-order valence-electron chi connectivity index (χ2n) is 3.51. The highest BCUT2D eigenvalue weighted by molar-refractivity contribution is 7.09. The Balaban J connectivity index is 2.24. The fraction of sp³-hybridized carbons (Fsp3) is 0.167. The van der Waals surface area contributed by atoms with Gasteiger partial charge in [-0.25, -0.2) is 9.37 Å². The molecule has 4 heteroatoms. The summed E-state index contributed by atoms with van der Waals surface area (Å²) in [6, 6.07) is 4.55. The van der Waals surface area contributed by atoms with Crippen LogP contribution in [0.1, 0.15) is 20.9 Å². The van der Waals surface area contributed by atoms with Crippen molar-refractivity contribution in [2.24, 2.45) is 0 Å². The molecule has 2 nitrogen and oxygen atoms in total. The zero-order chi connectivity index (χ0) is 11.5. The minimum absolute atomic E-state index is 0.148. The number of Topliss-reactive ketones (excluding diaryl/α,β-unsaturated/α-hetero) is 1. The predicted molar refractivity (Wildman–Crippen MR) is 61.3 cm³/mol. The lowest BCUT2D eigenvalue weighted by Gasteiger charge is -2.02. The Kier molecular flexibility index (Phi) is 3.10. The summed E-state index contributed by atoms with van der Waals surface area (Å²) in [5, 5.41) is 2.51. The van der Waals surface area contributed by atoms with Crippen LogP contribution in [0.25, 0.3) is 0 Å². The highest BCUT2D eigenvalue weighted by atomic mass is 32.1. The molecule has 0 aliphatic rings. The standard InChI is InChI=1S/C12H10FNOS/c1-8-2-3-10(13)9(6-8)11(15)7-12-14-4-5-16-12/h2-6H,7H2,1H3. The van der Waals surface area contributed by atoms with E-state index in [1.165, 1.54) is 17.4 Å². The molecular formula is C12H10FNOS. The average Bonchev–Trinajstić information content (AvgIpc) is 2.74. The monoisotopic (exact) mass is 235 g/mol. The normalized spacial score (nSPS) is 10.4. The minimum atomic E-state index is -0.466. The number of thiazole rings is 1. The summed E-state index contributed by atoms with van der Waals surface area (Å²) in [7, 11) is 0. The first-order valence-corrected chi connectivity index (χ1v) is 5.72. The van der Waals surface area contributed by atoms with Gasteiger partial charge in [-0.2, -0.15) is 0 Å². The van der Waals surface area contributed by atoms with E-state index in [0.29, 0.717) is 5.01 Å². The van der Waals surface area contributed by atoms with Gasteiger partial charge in [-0.05, 0) is 19.1 Å². The van der Waals surface area contributed by atoms with Gasteiger partial charge in [-0.3, -0.25) is 4.79 Å². The van der Waals surface area contributed by atoms with Crippen LogP contribution in [0, 0.1) is 12.7 Å². The summed E-state index contributed by atoms with van der Waals surface area (Å²) in [4.78, 5) is 15.8. The molecule has 0 saturated heterocycles. The molecule has 0 bridgehead atoms. The number of hydrogen-bond donors (Lipinski definition) is 0. The number of aryl methyl sites for hydroxylation is 1.